The van der Waals surface area contributed by atoms with Crippen molar-refractivity contribution >= 4 is 22.3 Å². The molecule has 5 rings (SSSR count). The zero-order chi connectivity index (χ0) is 22.1. The van der Waals surface area contributed by atoms with Gasteiger partial charge in [0.25, 0.3) is 0 Å². The highest BCUT2D eigenvalue weighted by Crippen LogP contribution is 2.41. The Hall–Kier alpha value is -1.99. The van der Waals surface area contributed by atoms with Gasteiger partial charge in [-0.1, -0.05) is 0 Å². The maximum atomic E-state index is 14.1. The zero-order valence-electron chi connectivity index (χ0n) is 19.0. The minimum Gasteiger partial charge on any atom is -0.386 e. The van der Waals surface area contributed by atoms with Crippen molar-refractivity contribution < 1.29 is 8.78 Å². The second-order valence-electron chi connectivity index (χ2n) is 10.00. The molecule has 3 aliphatic rings. The molecule has 2 aromatic rings. The van der Waals surface area contributed by atoms with Crippen LogP contribution in [0.2, 0.25) is 0 Å². The number of likely N-dealkylation sites (tertiary alicyclic amines) is 1. The number of pyridine rings is 1. The summed E-state index contributed by atoms with van der Waals surface area (Å²) >= 11 is 0. The maximum Gasteiger partial charge on any atom is 0.243 e. The number of nitrogens with one attached hydrogen (secondary N) is 2. The Kier molecular flexibility index (Phi) is 6.21. The van der Waals surface area contributed by atoms with Crippen LogP contribution < -0.4 is 15.5 Å². The van der Waals surface area contributed by atoms with Crippen LogP contribution in [-0.2, 0) is 0 Å². The van der Waals surface area contributed by atoms with Crippen molar-refractivity contribution in [3.05, 3.63) is 30.5 Å². The topological polar surface area (TPSA) is 43.4 Å². The van der Waals surface area contributed by atoms with Crippen LogP contribution in [0.3, 0.4) is 0 Å². The molecule has 3 aliphatic heterocycles. The summed E-state index contributed by atoms with van der Waals surface area (Å²) < 4.78 is 28.2. The Labute approximate surface area is 189 Å². The van der Waals surface area contributed by atoms with Crippen molar-refractivity contribution in [2.75, 3.05) is 63.1 Å². The Morgan fingerprint density at radius 1 is 1.12 bits per heavy atom. The van der Waals surface area contributed by atoms with Crippen molar-refractivity contribution in [2.24, 2.45) is 17.3 Å². The van der Waals surface area contributed by atoms with E-state index in [2.05, 4.69) is 31.5 Å². The summed E-state index contributed by atoms with van der Waals surface area (Å²) in [7, 11) is 1.88. The molecule has 1 unspecified atom stereocenters. The first kappa shape index (κ1) is 21.8. The molecule has 5 nitrogen and oxygen atoms in total. The number of rotatable bonds is 5. The van der Waals surface area contributed by atoms with E-state index in [1.165, 1.54) is 25.7 Å². The van der Waals surface area contributed by atoms with Crippen LogP contribution in [0.1, 0.15) is 25.7 Å². The molecule has 0 amide bonds. The minimum atomic E-state index is -2.29. The van der Waals surface area contributed by atoms with Crippen LogP contribution in [0.5, 0.6) is 0 Å². The lowest BCUT2D eigenvalue weighted by molar-refractivity contribution is 0.0322. The molecule has 32 heavy (non-hydrogen) atoms. The third-order valence-corrected chi connectivity index (χ3v) is 8.25. The first-order chi connectivity index (χ1) is 15.6. The van der Waals surface area contributed by atoms with Gasteiger partial charge < -0.3 is 20.4 Å². The number of halogens is 2. The number of alkyl halides is 2. The Morgan fingerprint density at radius 3 is 2.62 bits per heavy atom. The highest BCUT2D eigenvalue weighted by Gasteiger charge is 2.42. The van der Waals surface area contributed by atoms with Crippen molar-refractivity contribution in [3.63, 3.8) is 0 Å². The van der Waals surface area contributed by atoms with Gasteiger partial charge >= 0.3 is 0 Å². The van der Waals surface area contributed by atoms with Gasteiger partial charge in [-0.05, 0) is 87.5 Å². The molecular weight excluding hydrogens is 408 g/mol. The zero-order valence-corrected chi connectivity index (χ0v) is 19.0. The lowest BCUT2D eigenvalue weighted by Gasteiger charge is -2.45. The molecule has 0 radical (unpaired) electrons. The van der Waals surface area contributed by atoms with E-state index in [-0.39, 0.29) is 5.92 Å². The average Bonchev–Trinajstić information content (AvgIpc) is 3.24. The number of hydrogen-bond acceptors (Lipinski definition) is 5. The Bertz CT molecular complexity index is 920. The lowest BCUT2D eigenvalue weighted by atomic mass is 9.71. The normalized spacial score (nSPS) is 26.3. The number of nitrogens with zero attached hydrogens (tertiary/aromatic N) is 3. The van der Waals surface area contributed by atoms with Crippen molar-refractivity contribution in [3.8, 4) is 0 Å². The molecule has 1 aromatic heterocycles. The van der Waals surface area contributed by atoms with E-state index in [9.17, 15) is 8.78 Å². The molecule has 0 saturated carbocycles. The van der Waals surface area contributed by atoms with Crippen molar-refractivity contribution in [1.82, 2.24) is 15.2 Å². The summed E-state index contributed by atoms with van der Waals surface area (Å²) in [6.45, 7) is 6.23. The minimum absolute atomic E-state index is 0.00669. The molecule has 7 heteroatoms. The van der Waals surface area contributed by atoms with Crippen LogP contribution in [0.25, 0.3) is 10.9 Å². The predicted octanol–water partition coefficient (Wildman–Crippen LogP) is 4.06. The molecule has 2 N–H and O–H groups in total. The van der Waals surface area contributed by atoms with Gasteiger partial charge in [-0.25, -0.2) is 8.78 Å². The quantitative estimate of drug-likeness (QED) is 0.730. The fourth-order valence-electron chi connectivity index (χ4n) is 6.21. The third kappa shape index (κ3) is 4.17. The summed E-state index contributed by atoms with van der Waals surface area (Å²) in [4.78, 5) is 9.17. The van der Waals surface area contributed by atoms with Crippen LogP contribution in [-0.4, -0.2) is 69.2 Å². The van der Waals surface area contributed by atoms with E-state index in [0.29, 0.717) is 18.5 Å². The van der Waals surface area contributed by atoms with Gasteiger partial charge in [0.1, 0.15) is 0 Å². The molecule has 1 aromatic carbocycles. The molecule has 174 valence electrons. The molecule has 2 atom stereocenters. The fraction of sp³-hybridized carbons (Fsp3) is 0.640. The van der Waals surface area contributed by atoms with Crippen LogP contribution in [0, 0.1) is 17.3 Å². The summed E-state index contributed by atoms with van der Waals surface area (Å²) in [6.07, 6.45) is 4.46. The Balaban J connectivity index is 1.30. The summed E-state index contributed by atoms with van der Waals surface area (Å²) in [6, 6.07) is 8.04. The number of piperidine rings is 2. The molecular formula is C25H35F2N5. The number of hydrogen-bond donors (Lipinski definition) is 2. The third-order valence-electron chi connectivity index (χ3n) is 8.25. The van der Waals surface area contributed by atoms with Crippen LogP contribution >= 0.6 is 0 Å². The molecule has 3 saturated heterocycles. The molecule has 3 fully saturated rings. The SMILES string of the molecule is CNc1ccc(N2CC(CN3CCC4(CCNCC4)CC3)[C@H](C(F)F)C2)c2cccnc12. The second-order valence-corrected chi connectivity index (χ2v) is 10.00. The van der Waals surface area contributed by atoms with Gasteiger partial charge in [0, 0.05) is 49.9 Å². The summed E-state index contributed by atoms with van der Waals surface area (Å²) in [5.74, 6) is -0.590. The fourth-order valence-corrected chi connectivity index (χ4v) is 6.21. The van der Waals surface area contributed by atoms with E-state index in [0.717, 1.165) is 55.0 Å². The number of benzene rings is 1. The second kappa shape index (κ2) is 9.10. The average molecular weight is 444 g/mol. The summed E-state index contributed by atoms with van der Waals surface area (Å²) in [5, 5.41) is 7.69. The van der Waals surface area contributed by atoms with E-state index >= 15 is 0 Å². The molecule has 0 bridgehead atoms. The van der Waals surface area contributed by atoms with E-state index in [1.54, 1.807) is 6.20 Å². The first-order valence-electron chi connectivity index (χ1n) is 12.1. The van der Waals surface area contributed by atoms with Crippen molar-refractivity contribution in [2.45, 2.75) is 32.1 Å². The molecule has 0 aliphatic carbocycles. The van der Waals surface area contributed by atoms with Crippen LogP contribution in [0.4, 0.5) is 20.2 Å². The largest absolute Gasteiger partial charge is 0.386 e. The lowest BCUT2D eigenvalue weighted by Crippen LogP contribution is -2.47. The van der Waals surface area contributed by atoms with Crippen molar-refractivity contribution in [1.29, 1.82) is 0 Å². The van der Waals surface area contributed by atoms with Gasteiger partial charge in [0.05, 0.1) is 11.2 Å². The number of anilines is 2. The highest BCUT2D eigenvalue weighted by molar-refractivity contribution is 5.99. The Morgan fingerprint density at radius 2 is 1.91 bits per heavy atom. The number of fused-ring (bicyclic) bond motifs is 1. The first-order valence-corrected chi connectivity index (χ1v) is 12.1. The van der Waals surface area contributed by atoms with Crippen LogP contribution in [0.15, 0.2) is 30.5 Å². The van der Waals surface area contributed by atoms with Gasteiger partial charge in [-0.15, -0.1) is 0 Å². The smallest absolute Gasteiger partial charge is 0.243 e. The van der Waals surface area contributed by atoms with E-state index in [4.69, 9.17) is 0 Å². The van der Waals surface area contributed by atoms with Gasteiger partial charge in [-0.3, -0.25) is 4.98 Å². The van der Waals surface area contributed by atoms with E-state index < -0.39 is 12.3 Å². The van der Waals surface area contributed by atoms with E-state index in [1.807, 2.05) is 25.2 Å². The predicted molar refractivity (Wildman–Crippen MR) is 127 cm³/mol. The maximum absolute atomic E-state index is 14.1. The highest BCUT2D eigenvalue weighted by atomic mass is 19.3. The van der Waals surface area contributed by atoms with Gasteiger partial charge in [0.15, 0.2) is 0 Å². The molecule has 1 spiro atoms. The standard InChI is InChI=1S/C25H35F2N5/c1-28-21-4-5-22(19-3-2-10-30-23(19)21)32-16-18(20(17-32)24(26)27)15-31-13-8-25(9-14-31)6-11-29-12-7-25/h2-5,10,18,20,24,28-29H,6-9,11-17H2,1H3/t18?,20-/m1/s1. The molecule has 4 heterocycles. The monoisotopic (exact) mass is 443 g/mol. The van der Waals surface area contributed by atoms with Gasteiger partial charge in [-0.2, -0.15) is 0 Å². The number of aromatic nitrogens is 1. The summed E-state index contributed by atoms with van der Waals surface area (Å²) in [5.41, 5.74) is 3.37. The van der Waals surface area contributed by atoms with Gasteiger partial charge in [0.2, 0.25) is 6.43 Å².